The summed E-state index contributed by atoms with van der Waals surface area (Å²) in [4.78, 5) is 28.6. The molecule has 1 N–H and O–H groups in total. The number of hydrogen-bond donors (Lipinski definition) is 1. The smallest absolute Gasteiger partial charge is 0.268 e. The molecule has 12 heteroatoms. The summed E-state index contributed by atoms with van der Waals surface area (Å²) < 4.78 is 62.7. The number of carbonyl (C=O) groups is 1. The van der Waals surface area contributed by atoms with Crippen LogP contribution >= 0.6 is 11.3 Å². The van der Waals surface area contributed by atoms with E-state index in [0.717, 1.165) is 42.7 Å². The van der Waals surface area contributed by atoms with Gasteiger partial charge < -0.3 is 14.2 Å². The minimum Gasteiger partial charge on any atom is -0.454 e. The molecular formula is C28H27F2N3O5S2. The number of sulfonamides is 1. The number of piperidine rings is 1. The van der Waals surface area contributed by atoms with Crippen LogP contribution in [0.3, 0.4) is 0 Å². The Morgan fingerprint density at radius 2 is 1.75 bits per heavy atom. The van der Waals surface area contributed by atoms with Crippen molar-refractivity contribution >= 4 is 43.0 Å². The lowest BCUT2D eigenvalue weighted by Gasteiger charge is -2.26. The molecule has 0 unspecified atom stereocenters. The summed E-state index contributed by atoms with van der Waals surface area (Å²) in [6.45, 7) is 2.80. The number of pyridine rings is 1. The topological polar surface area (TPSA) is 97.7 Å². The van der Waals surface area contributed by atoms with Gasteiger partial charge in [0.15, 0.2) is 11.6 Å². The van der Waals surface area contributed by atoms with Gasteiger partial charge in [0.1, 0.15) is 16.3 Å². The molecule has 0 atom stereocenters. The molecular weight excluding hydrogens is 560 g/mol. The first kappa shape index (κ1) is 27.8. The highest BCUT2D eigenvalue weighted by atomic mass is 32.2. The van der Waals surface area contributed by atoms with E-state index in [1.807, 2.05) is 0 Å². The number of carbonyl (C=O) groups excluding carboxylic acids is 1. The molecule has 4 aromatic rings. The molecule has 8 nitrogen and oxygen atoms in total. The highest BCUT2D eigenvalue weighted by molar-refractivity contribution is 7.92. The van der Waals surface area contributed by atoms with Gasteiger partial charge in [-0.15, -0.1) is 11.3 Å². The summed E-state index contributed by atoms with van der Waals surface area (Å²) in [5.41, 5.74) is 0.749. The van der Waals surface area contributed by atoms with Crippen LogP contribution in [0.15, 0.2) is 53.5 Å². The van der Waals surface area contributed by atoms with Crippen molar-refractivity contribution < 1.29 is 26.7 Å². The fourth-order valence-electron chi connectivity index (χ4n) is 4.63. The zero-order chi connectivity index (χ0) is 28.6. The van der Waals surface area contributed by atoms with Gasteiger partial charge in [-0.2, -0.15) is 0 Å². The number of halogens is 2. The predicted molar refractivity (Wildman–Crippen MR) is 152 cm³/mol. The van der Waals surface area contributed by atoms with E-state index < -0.39 is 21.7 Å². The average Bonchev–Trinajstić information content (AvgIpc) is 3.39. The van der Waals surface area contributed by atoms with Crippen LogP contribution in [0.5, 0.6) is 11.5 Å². The Kier molecular flexibility index (Phi) is 7.65. The Labute approximate surface area is 233 Å². The van der Waals surface area contributed by atoms with Crippen molar-refractivity contribution in [2.45, 2.75) is 26.2 Å². The number of nitrogens with zero attached hydrogens (tertiary/aromatic N) is 2. The molecule has 2 aromatic heterocycles. The molecule has 40 heavy (non-hydrogen) atoms. The highest BCUT2D eigenvalue weighted by Gasteiger charge is 2.24. The van der Waals surface area contributed by atoms with E-state index in [-0.39, 0.29) is 34.4 Å². The Hall–Kier alpha value is -3.77. The van der Waals surface area contributed by atoms with Crippen LogP contribution in [0, 0.1) is 11.6 Å². The van der Waals surface area contributed by atoms with Crippen molar-refractivity contribution in [2.75, 3.05) is 23.6 Å². The molecule has 3 heterocycles. The van der Waals surface area contributed by atoms with Gasteiger partial charge in [-0.05, 0) is 62.6 Å². The summed E-state index contributed by atoms with van der Waals surface area (Å²) in [5, 5.41) is 0.480. The van der Waals surface area contributed by atoms with Gasteiger partial charge in [-0.1, -0.05) is 0 Å². The van der Waals surface area contributed by atoms with Crippen molar-refractivity contribution in [1.29, 1.82) is 0 Å². The second-order valence-corrected chi connectivity index (χ2v) is 12.6. The SMILES string of the molecule is CCS(=O)(=O)Nc1ccc(Oc2ccc(F)cc2F)c(-c2cn(C)c(=O)c3sc(C(=O)N4CCCCC4)cc23)c1. The zero-order valence-corrected chi connectivity index (χ0v) is 23.5. The van der Waals surface area contributed by atoms with Crippen LogP contribution in [0.1, 0.15) is 35.9 Å². The lowest BCUT2D eigenvalue weighted by atomic mass is 10.0. The van der Waals surface area contributed by atoms with Gasteiger partial charge >= 0.3 is 0 Å². The van der Waals surface area contributed by atoms with Gasteiger partial charge in [-0.25, -0.2) is 17.2 Å². The lowest BCUT2D eigenvalue weighted by molar-refractivity contribution is 0.0729. The molecule has 1 aliphatic heterocycles. The number of likely N-dealkylation sites (tertiary alicyclic amines) is 1. The second-order valence-electron chi connectivity index (χ2n) is 9.56. The van der Waals surface area contributed by atoms with Crippen LogP contribution in [0.4, 0.5) is 14.5 Å². The summed E-state index contributed by atoms with van der Waals surface area (Å²) in [7, 11) is -2.06. The Morgan fingerprint density at radius 3 is 2.45 bits per heavy atom. The number of rotatable bonds is 7. The number of hydrogen-bond acceptors (Lipinski definition) is 6. The number of fused-ring (bicyclic) bond motifs is 1. The van der Waals surface area contributed by atoms with Crippen LogP contribution in [-0.2, 0) is 17.1 Å². The van der Waals surface area contributed by atoms with Gasteiger partial charge in [0.2, 0.25) is 10.0 Å². The van der Waals surface area contributed by atoms with Gasteiger partial charge in [-0.3, -0.25) is 14.3 Å². The molecule has 1 fully saturated rings. The first-order chi connectivity index (χ1) is 19.1. The summed E-state index contributed by atoms with van der Waals surface area (Å²) in [6.07, 6.45) is 4.47. The summed E-state index contributed by atoms with van der Waals surface area (Å²) >= 11 is 1.10. The number of ether oxygens (including phenoxy) is 1. The predicted octanol–water partition coefficient (Wildman–Crippen LogP) is 5.73. The first-order valence-corrected chi connectivity index (χ1v) is 15.2. The number of thiophene rings is 1. The molecule has 0 aliphatic carbocycles. The normalized spacial score (nSPS) is 13.9. The molecule has 0 spiro atoms. The molecule has 1 aliphatic rings. The van der Waals surface area contributed by atoms with Gasteiger partial charge in [0, 0.05) is 54.6 Å². The largest absolute Gasteiger partial charge is 0.454 e. The van der Waals surface area contributed by atoms with Crippen molar-refractivity contribution in [3.8, 4) is 22.6 Å². The van der Waals surface area contributed by atoms with Gasteiger partial charge in [0.25, 0.3) is 11.5 Å². The summed E-state index contributed by atoms with van der Waals surface area (Å²) in [5.74, 6) is -2.09. The van der Waals surface area contributed by atoms with E-state index >= 15 is 0 Å². The van der Waals surface area contributed by atoms with Crippen LogP contribution in [0.25, 0.3) is 21.2 Å². The summed E-state index contributed by atoms with van der Waals surface area (Å²) in [6, 6.07) is 9.02. The first-order valence-electron chi connectivity index (χ1n) is 12.8. The third kappa shape index (κ3) is 5.59. The fourth-order valence-corrected chi connectivity index (χ4v) is 6.38. The molecule has 0 radical (unpaired) electrons. The minimum absolute atomic E-state index is 0.139. The molecule has 0 bridgehead atoms. The van der Waals surface area contributed by atoms with E-state index in [4.69, 9.17) is 4.74 Å². The molecule has 210 valence electrons. The zero-order valence-electron chi connectivity index (χ0n) is 21.9. The van der Waals surface area contributed by atoms with Crippen molar-refractivity contribution in [2.24, 2.45) is 7.05 Å². The Bertz CT molecular complexity index is 1780. The number of aromatic nitrogens is 1. The lowest BCUT2D eigenvalue weighted by Crippen LogP contribution is -2.35. The molecule has 5 rings (SSSR count). The highest BCUT2D eigenvalue weighted by Crippen LogP contribution is 2.41. The average molecular weight is 588 g/mol. The minimum atomic E-state index is -3.63. The van der Waals surface area contributed by atoms with Crippen LogP contribution in [-0.4, -0.2) is 42.6 Å². The van der Waals surface area contributed by atoms with Crippen molar-refractivity contribution in [3.05, 3.63) is 75.5 Å². The van der Waals surface area contributed by atoms with Crippen molar-refractivity contribution in [3.63, 3.8) is 0 Å². The van der Waals surface area contributed by atoms with E-state index in [1.54, 1.807) is 24.2 Å². The van der Waals surface area contributed by atoms with E-state index in [2.05, 4.69) is 4.72 Å². The molecule has 2 aromatic carbocycles. The van der Waals surface area contributed by atoms with Gasteiger partial charge in [0.05, 0.1) is 10.6 Å². The van der Waals surface area contributed by atoms with Crippen LogP contribution < -0.4 is 15.0 Å². The number of aryl methyl sites for hydroxylation is 1. The van der Waals surface area contributed by atoms with E-state index in [0.29, 0.717) is 45.2 Å². The van der Waals surface area contributed by atoms with E-state index in [9.17, 15) is 26.8 Å². The molecule has 0 saturated carbocycles. The van der Waals surface area contributed by atoms with E-state index in [1.165, 1.54) is 29.7 Å². The Balaban J connectivity index is 1.68. The maximum Gasteiger partial charge on any atom is 0.268 e. The number of amides is 1. The Morgan fingerprint density at radius 1 is 1.02 bits per heavy atom. The van der Waals surface area contributed by atoms with Crippen molar-refractivity contribution in [1.82, 2.24) is 9.47 Å². The quantitative estimate of drug-likeness (QED) is 0.298. The standard InChI is InChI=1S/C28H27F2N3O5S2/c1-3-40(36,37)31-18-8-10-23(38-24-9-7-17(29)13-22(24)30)19(14-18)21-16-32(2)28(35)26-20(21)15-25(39-26)27(34)33-11-5-4-6-12-33/h7-10,13-16,31H,3-6,11-12H2,1-2H3. The van der Waals surface area contributed by atoms with Crippen LogP contribution in [0.2, 0.25) is 0 Å². The molecule has 1 amide bonds. The fraction of sp³-hybridized carbons (Fsp3) is 0.286. The monoisotopic (exact) mass is 587 g/mol. The number of anilines is 1. The maximum atomic E-state index is 14.5. The maximum absolute atomic E-state index is 14.5. The second kappa shape index (κ2) is 11.0. The third-order valence-electron chi connectivity index (χ3n) is 6.75. The third-order valence-corrected chi connectivity index (χ3v) is 9.17. The molecule has 1 saturated heterocycles. The number of benzene rings is 2. The number of nitrogens with one attached hydrogen (secondary N) is 1.